The number of esters is 2. The van der Waals surface area contributed by atoms with Gasteiger partial charge in [0.1, 0.15) is 12.6 Å². The second-order valence-electron chi connectivity index (χ2n) is 15.2. The lowest BCUT2D eigenvalue weighted by atomic mass is 10.1. The van der Waals surface area contributed by atoms with E-state index in [1.165, 1.54) is 116 Å². The summed E-state index contributed by atoms with van der Waals surface area (Å²) >= 11 is 0. The Bertz CT molecular complexity index is 1050. The van der Waals surface area contributed by atoms with Crippen LogP contribution in [0.15, 0.2) is 24.3 Å². The molecule has 0 aromatic carbocycles. The van der Waals surface area contributed by atoms with Crippen LogP contribution in [0.4, 0.5) is 0 Å². The van der Waals surface area contributed by atoms with Gasteiger partial charge in [-0.3, -0.25) is 23.4 Å². The van der Waals surface area contributed by atoms with E-state index in [0.717, 1.165) is 51.4 Å². The van der Waals surface area contributed by atoms with Gasteiger partial charge in [-0.05, 0) is 64.2 Å². The fraction of sp³-hybridized carbons (Fsp3) is 0.841. The lowest BCUT2D eigenvalue weighted by Gasteiger charge is -2.20. The quantitative estimate of drug-likeness (QED) is 0.0232. The number of hydrogen-bond donors (Lipinski definition) is 3. The van der Waals surface area contributed by atoms with Crippen molar-refractivity contribution < 1.29 is 47.5 Å². The number of carboxylic acids is 1. The van der Waals surface area contributed by atoms with Crippen molar-refractivity contribution in [2.45, 2.75) is 219 Å². The fourth-order valence-electron chi connectivity index (χ4n) is 6.11. The second-order valence-corrected chi connectivity index (χ2v) is 16.6. The van der Waals surface area contributed by atoms with Gasteiger partial charge in [0, 0.05) is 12.8 Å². The van der Waals surface area contributed by atoms with Crippen LogP contribution < -0.4 is 5.73 Å². The topological polar surface area (TPSA) is 172 Å². The molecule has 0 aromatic heterocycles. The number of ether oxygens (including phenoxy) is 2. The molecule has 11 nitrogen and oxygen atoms in total. The Morgan fingerprint density at radius 1 is 0.536 bits per heavy atom. The Hall–Kier alpha value is -2.04. The Morgan fingerprint density at radius 2 is 0.893 bits per heavy atom. The third-order valence-corrected chi connectivity index (χ3v) is 10.6. The Balaban J connectivity index is 4.36. The molecule has 0 saturated carbocycles. The van der Waals surface area contributed by atoms with E-state index in [9.17, 15) is 23.8 Å². The maximum Gasteiger partial charge on any atom is 0.472 e. The molecule has 0 radical (unpaired) electrons. The van der Waals surface area contributed by atoms with Crippen molar-refractivity contribution >= 4 is 25.7 Å². The van der Waals surface area contributed by atoms with Crippen LogP contribution in [-0.2, 0) is 37.5 Å². The number of allylic oxidation sites excluding steroid dienone is 4. The molecule has 328 valence electrons. The highest BCUT2D eigenvalue weighted by Crippen LogP contribution is 2.43. The van der Waals surface area contributed by atoms with Crippen molar-refractivity contribution in [1.29, 1.82) is 0 Å². The molecule has 12 heteroatoms. The summed E-state index contributed by atoms with van der Waals surface area (Å²) in [6.45, 7) is 2.79. The molecule has 0 fully saturated rings. The number of aliphatic carboxylic acids is 1. The summed E-state index contributed by atoms with van der Waals surface area (Å²) in [4.78, 5) is 46.0. The normalized spacial score (nSPS) is 13.9. The first-order valence-corrected chi connectivity index (χ1v) is 23.9. The van der Waals surface area contributed by atoms with Gasteiger partial charge in [-0.25, -0.2) is 4.57 Å². The van der Waals surface area contributed by atoms with Crippen LogP contribution >= 0.6 is 7.82 Å². The van der Waals surface area contributed by atoms with Crippen molar-refractivity contribution in [3.05, 3.63) is 24.3 Å². The number of carbonyl (C=O) groups excluding carboxylic acids is 2. The average molecular weight is 816 g/mol. The van der Waals surface area contributed by atoms with Gasteiger partial charge in [-0.2, -0.15) is 0 Å². The minimum Gasteiger partial charge on any atom is -0.480 e. The number of nitrogens with two attached hydrogens (primary N) is 1. The summed E-state index contributed by atoms with van der Waals surface area (Å²) in [6.07, 6.45) is 41.0. The molecule has 0 aliphatic rings. The zero-order chi connectivity index (χ0) is 41.4. The number of carboxylic acid groups (broad SMARTS) is 1. The standard InChI is InChI=1S/C44H82NO10P/c1-3-5-7-9-11-13-15-17-19-20-22-23-25-27-29-31-33-35-42(46)52-37-40(38-53-56(50,51)54-39-41(45)44(48)49)55-43(47)36-34-32-30-28-26-24-21-18-16-14-12-10-8-6-4-2/h17,19,24,26,40-41H,3-16,18,20-23,25,27-39,45H2,1-2H3,(H,48,49)(H,50,51)/b19-17+,26-24+/t40-,41+/m1/s1. The summed E-state index contributed by atoms with van der Waals surface area (Å²) in [6, 6.07) is -1.52. The lowest BCUT2D eigenvalue weighted by molar-refractivity contribution is -0.161. The highest BCUT2D eigenvalue weighted by molar-refractivity contribution is 7.47. The predicted molar refractivity (Wildman–Crippen MR) is 226 cm³/mol. The SMILES string of the molecule is CCCCCCCC/C=C/CCCCCCCCCC(=O)OC[C@H](COP(=O)(O)OC[C@H](N)C(=O)O)OC(=O)CCCCC/C=C/CCCCCCCCCC. The van der Waals surface area contributed by atoms with Gasteiger partial charge in [0.25, 0.3) is 0 Å². The maximum absolute atomic E-state index is 12.6. The molecule has 0 aliphatic carbocycles. The molecule has 0 saturated heterocycles. The van der Waals surface area contributed by atoms with E-state index in [2.05, 4.69) is 42.7 Å². The molecule has 0 aliphatic heterocycles. The van der Waals surface area contributed by atoms with Crippen molar-refractivity contribution in [3.8, 4) is 0 Å². The molecule has 56 heavy (non-hydrogen) atoms. The number of unbranched alkanes of at least 4 members (excludes halogenated alkanes) is 24. The van der Waals surface area contributed by atoms with E-state index in [1.54, 1.807) is 0 Å². The number of phosphoric ester groups is 1. The highest BCUT2D eigenvalue weighted by atomic mass is 31.2. The molecule has 0 spiro atoms. The van der Waals surface area contributed by atoms with Crippen LogP contribution in [-0.4, -0.2) is 59.9 Å². The minimum absolute atomic E-state index is 0.142. The average Bonchev–Trinajstić information content (AvgIpc) is 3.17. The van der Waals surface area contributed by atoms with Gasteiger partial charge in [-0.1, -0.05) is 154 Å². The van der Waals surface area contributed by atoms with Crippen molar-refractivity contribution in [2.75, 3.05) is 19.8 Å². The molecular weight excluding hydrogens is 733 g/mol. The summed E-state index contributed by atoms with van der Waals surface area (Å²) in [5.74, 6) is -2.40. The van der Waals surface area contributed by atoms with Gasteiger partial charge >= 0.3 is 25.7 Å². The monoisotopic (exact) mass is 816 g/mol. The molecule has 0 rings (SSSR count). The molecule has 0 amide bonds. The Morgan fingerprint density at radius 3 is 1.32 bits per heavy atom. The van der Waals surface area contributed by atoms with Crippen LogP contribution in [0, 0.1) is 0 Å². The Labute approximate surface area is 340 Å². The molecule has 4 N–H and O–H groups in total. The summed E-state index contributed by atoms with van der Waals surface area (Å²) in [7, 11) is -4.72. The van der Waals surface area contributed by atoms with Crippen LogP contribution in [0.1, 0.15) is 206 Å². The van der Waals surface area contributed by atoms with Crippen LogP contribution in [0.3, 0.4) is 0 Å². The van der Waals surface area contributed by atoms with Crippen molar-refractivity contribution in [3.63, 3.8) is 0 Å². The third-order valence-electron chi connectivity index (χ3n) is 9.67. The molecule has 1 unspecified atom stereocenters. The number of hydrogen-bond acceptors (Lipinski definition) is 9. The van der Waals surface area contributed by atoms with Crippen LogP contribution in [0.5, 0.6) is 0 Å². The van der Waals surface area contributed by atoms with E-state index >= 15 is 0 Å². The Kier molecular flexibility index (Phi) is 38.3. The fourth-order valence-corrected chi connectivity index (χ4v) is 6.89. The summed E-state index contributed by atoms with van der Waals surface area (Å²) in [5.41, 5.74) is 5.33. The molecule has 0 heterocycles. The lowest BCUT2D eigenvalue weighted by Crippen LogP contribution is -2.34. The zero-order valence-electron chi connectivity index (χ0n) is 35.5. The summed E-state index contributed by atoms with van der Waals surface area (Å²) in [5, 5.41) is 8.89. The number of carbonyl (C=O) groups is 3. The number of phosphoric acid groups is 1. The first-order valence-electron chi connectivity index (χ1n) is 22.4. The highest BCUT2D eigenvalue weighted by Gasteiger charge is 2.28. The molecular formula is C44H82NO10P. The van der Waals surface area contributed by atoms with Gasteiger partial charge in [0.15, 0.2) is 6.10 Å². The van der Waals surface area contributed by atoms with E-state index < -0.39 is 51.1 Å². The van der Waals surface area contributed by atoms with Gasteiger partial charge in [0.2, 0.25) is 0 Å². The molecule has 0 aromatic rings. The van der Waals surface area contributed by atoms with Gasteiger partial charge in [-0.15, -0.1) is 0 Å². The zero-order valence-corrected chi connectivity index (χ0v) is 36.4. The first-order chi connectivity index (χ1) is 27.1. The predicted octanol–water partition coefficient (Wildman–Crippen LogP) is 11.8. The molecule has 3 atom stereocenters. The van der Waals surface area contributed by atoms with E-state index in [1.807, 2.05) is 0 Å². The first kappa shape index (κ1) is 54.0. The largest absolute Gasteiger partial charge is 0.480 e. The van der Waals surface area contributed by atoms with Crippen molar-refractivity contribution in [2.24, 2.45) is 5.73 Å². The van der Waals surface area contributed by atoms with E-state index in [4.69, 9.17) is 24.8 Å². The smallest absolute Gasteiger partial charge is 0.472 e. The van der Waals surface area contributed by atoms with Gasteiger partial charge < -0.3 is 25.2 Å². The minimum atomic E-state index is -4.72. The van der Waals surface area contributed by atoms with E-state index in [0.29, 0.717) is 12.8 Å². The van der Waals surface area contributed by atoms with Crippen LogP contribution in [0.2, 0.25) is 0 Å². The molecule has 0 bridgehead atoms. The summed E-state index contributed by atoms with van der Waals surface area (Å²) < 4.78 is 32.7. The number of rotatable bonds is 42. The third kappa shape index (κ3) is 38.8. The van der Waals surface area contributed by atoms with E-state index in [-0.39, 0.29) is 19.4 Å². The van der Waals surface area contributed by atoms with Crippen LogP contribution in [0.25, 0.3) is 0 Å². The maximum atomic E-state index is 12.6. The van der Waals surface area contributed by atoms with Gasteiger partial charge in [0.05, 0.1) is 13.2 Å². The van der Waals surface area contributed by atoms with Crippen molar-refractivity contribution in [1.82, 2.24) is 0 Å². The second kappa shape index (κ2) is 39.8.